The maximum Gasteiger partial charge on any atom is 0.246 e. The first-order valence-electron chi connectivity index (χ1n) is 8.01. The summed E-state index contributed by atoms with van der Waals surface area (Å²) < 4.78 is 5.32. The molecule has 0 spiro atoms. The molecule has 1 fully saturated rings. The molecule has 1 aromatic heterocycles. The van der Waals surface area contributed by atoms with E-state index in [-0.39, 0.29) is 24.0 Å². The van der Waals surface area contributed by atoms with Gasteiger partial charge in [-0.3, -0.25) is 4.99 Å². The van der Waals surface area contributed by atoms with E-state index < -0.39 is 0 Å². The normalized spacial score (nSPS) is 16.6. The number of aliphatic imine (C=N–C) groups is 1. The van der Waals surface area contributed by atoms with E-state index in [0.717, 1.165) is 31.0 Å². The second-order valence-corrected chi connectivity index (χ2v) is 7.20. The summed E-state index contributed by atoms with van der Waals surface area (Å²) in [5, 5.41) is 7.96. The fraction of sp³-hybridized carbons (Fsp3) is 0.471. The smallest absolute Gasteiger partial charge is 0.246 e. The third-order valence-electron chi connectivity index (χ3n) is 4.14. The van der Waals surface area contributed by atoms with Crippen LogP contribution in [-0.2, 0) is 6.54 Å². The summed E-state index contributed by atoms with van der Waals surface area (Å²) >= 11 is 6.00. The summed E-state index contributed by atoms with van der Waals surface area (Å²) in [4.78, 5) is 11.0. The van der Waals surface area contributed by atoms with Gasteiger partial charge in [0.2, 0.25) is 11.7 Å². The van der Waals surface area contributed by atoms with Gasteiger partial charge in [-0.15, -0.1) is 24.0 Å². The number of hydrogen-bond acceptors (Lipinski definition) is 4. The number of benzene rings is 1. The van der Waals surface area contributed by atoms with Gasteiger partial charge >= 0.3 is 0 Å². The minimum Gasteiger partial charge on any atom is -0.347 e. The first-order chi connectivity index (χ1) is 11.5. The van der Waals surface area contributed by atoms with Crippen molar-refractivity contribution < 1.29 is 4.52 Å². The first kappa shape index (κ1) is 20.0. The number of rotatable bonds is 3. The molecule has 0 amide bonds. The van der Waals surface area contributed by atoms with Gasteiger partial charge in [-0.05, 0) is 24.0 Å². The van der Waals surface area contributed by atoms with Gasteiger partial charge in [-0.25, -0.2) is 0 Å². The monoisotopic (exact) mass is 475 g/mol. The van der Waals surface area contributed by atoms with Gasteiger partial charge in [0.05, 0.1) is 6.54 Å². The van der Waals surface area contributed by atoms with E-state index in [1.807, 2.05) is 24.3 Å². The highest BCUT2D eigenvalue weighted by Gasteiger charge is 2.30. The van der Waals surface area contributed by atoms with Crippen molar-refractivity contribution in [3.8, 4) is 11.4 Å². The predicted octanol–water partition coefficient (Wildman–Crippen LogP) is 3.82. The van der Waals surface area contributed by atoms with Crippen LogP contribution in [-0.4, -0.2) is 41.1 Å². The van der Waals surface area contributed by atoms with Gasteiger partial charge in [-0.2, -0.15) is 4.98 Å². The highest BCUT2D eigenvalue weighted by Crippen LogP contribution is 2.28. The molecule has 1 aromatic carbocycles. The molecule has 1 aliphatic rings. The van der Waals surface area contributed by atoms with Crippen LogP contribution in [0.15, 0.2) is 33.8 Å². The van der Waals surface area contributed by atoms with Crippen LogP contribution >= 0.6 is 35.6 Å². The average Bonchev–Trinajstić information content (AvgIpc) is 3.15. The van der Waals surface area contributed by atoms with Gasteiger partial charge in [-0.1, -0.05) is 42.7 Å². The van der Waals surface area contributed by atoms with Gasteiger partial charge < -0.3 is 14.7 Å². The molecule has 25 heavy (non-hydrogen) atoms. The molecule has 2 aromatic rings. The van der Waals surface area contributed by atoms with Gasteiger partial charge in [0, 0.05) is 30.7 Å². The molecule has 0 saturated carbocycles. The number of guanidine groups is 1. The molecular formula is C17H23ClIN5O. The molecule has 0 bridgehead atoms. The Balaban J connectivity index is 0.00000225. The van der Waals surface area contributed by atoms with E-state index >= 15 is 0 Å². The lowest BCUT2D eigenvalue weighted by atomic mass is 9.93. The maximum atomic E-state index is 6.00. The van der Waals surface area contributed by atoms with Crippen molar-refractivity contribution in [2.45, 2.75) is 26.8 Å². The zero-order valence-corrected chi connectivity index (χ0v) is 17.7. The van der Waals surface area contributed by atoms with Crippen molar-refractivity contribution >= 4 is 41.5 Å². The largest absolute Gasteiger partial charge is 0.347 e. The van der Waals surface area contributed by atoms with E-state index in [9.17, 15) is 0 Å². The van der Waals surface area contributed by atoms with Crippen LogP contribution in [0.3, 0.4) is 0 Å². The highest BCUT2D eigenvalue weighted by molar-refractivity contribution is 14.0. The van der Waals surface area contributed by atoms with Crippen molar-refractivity contribution in [1.29, 1.82) is 0 Å². The van der Waals surface area contributed by atoms with E-state index in [1.54, 1.807) is 7.05 Å². The summed E-state index contributed by atoms with van der Waals surface area (Å²) in [5.41, 5.74) is 1.16. The molecule has 1 N–H and O–H groups in total. The summed E-state index contributed by atoms with van der Waals surface area (Å²) in [6.45, 7) is 6.98. The lowest BCUT2D eigenvalue weighted by Crippen LogP contribution is -2.40. The quantitative estimate of drug-likeness (QED) is 0.415. The number of halogens is 2. The Morgan fingerprint density at radius 2 is 2.24 bits per heavy atom. The van der Waals surface area contributed by atoms with E-state index in [1.165, 1.54) is 0 Å². The van der Waals surface area contributed by atoms with Crippen molar-refractivity contribution in [1.82, 2.24) is 20.4 Å². The number of nitrogens with zero attached hydrogens (tertiary/aromatic N) is 4. The Bertz CT molecular complexity index is 746. The second-order valence-electron chi connectivity index (χ2n) is 6.76. The van der Waals surface area contributed by atoms with E-state index in [2.05, 4.69) is 39.2 Å². The Morgan fingerprint density at radius 1 is 1.44 bits per heavy atom. The van der Waals surface area contributed by atoms with Crippen molar-refractivity contribution in [3.05, 3.63) is 35.2 Å². The molecule has 8 heteroatoms. The molecule has 0 aliphatic carbocycles. The second kappa shape index (κ2) is 8.35. The third-order valence-corrected chi connectivity index (χ3v) is 4.37. The van der Waals surface area contributed by atoms with Crippen LogP contribution in [0.1, 0.15) is 26.2 Å². The van der Waals surface area contributed by atoms with Crippen LogP contribution in [0.2, 0.25) is 5.02 Å². The van der Waals surface area contributed by atoms with Gasteiger partial charge in [0.15, 0.2) is 5.96 Å². The van der Waals surface area contributed by atoms with Crippen molar-refractivity contribution in [3.63, 3.8) is 0 Å². The zero-order valence-electron chi connectivity index (χ0n) is 14.6. The minimum atomic E-state index is 0. The summed E-state index contributed by atoms with van der Waals surface area (Å²) in [5.74, 6) is 1.92. The molecule has 6 nitrogen and oxygen atoms in total. The summed E-state index contributed by atoms with van der Waals surface area (Å²) in [7, 11) is 1.79. The Morgan fingerprint density at radius 3 is 2.88 bits per heavy atom. The summed E-state index contributed by atoms with van der Waals surface area (Å²) in [6.07, 6.45) is 1.16. The fourth-order valence-corrected chi connectivity index (χ4v) is 3.04. The number of aromatic nitrogens is 2. The van der Waals surface area contributed by atoms with Gasteiger partial charge in [0.25, 0.3) is 0 Å². The van der Waals surface area contributed by atoms with Crippen LogP contribution < -0.4 is 5.32 Å². The highest BCUT2D eigenvalue weighted by atomic mass is 127. The Hall–Kier alpha value is -1.35. The lowest BCUT2D eigenvalue weighted by molar-refractivity contribution is 0.359. The number of nitrogens with one attached hydrogen (secondary N) is 1. The average molecular weight is 476 g/mol. The zero-order chi connectivity index (χ0) is 17.2. The number of likely N-dealkylation sites (tertiary alicyclic amines) is 1. The van der Waals surface area contributed by atoms with Gasteiger partial charge in [0.1, 0.15) is 0 Å². The topological polar surface area (TPSA) is 66.5 Å². The minimum absolute atomic E-state index is 0. The fourth-order valence-electron chi connectivity index (χ4n) is 2.85. The summed E-state index contributed by atoms with van der Waals surface area (Å²) in [6, 6.07) is 7.39. The molecule has 1 saturated heterocycles. The first-order valence-corrected chi connectivity index (χ1v) is 8.39. The molecule has 136 valence electrons. The molecule has 0 atom stereocenters. The van der Waals surface area contributed by atoms with Crippen LogP contribution in [0.5, 0.6) is 0 Å². The maximum absolute atomic E-state index is 6.00. The Kier molecular flexibility index (Phi) is 6.67. The molecule has 2 heterocycles. The molecule has 3 rings (SSSR count). The SMILES string of the molecule is CN=C(NCc1nc(-c2cccc(Cl)c2)no1)N1CCC(C)(C)C1.I. The van der Waals surface area contributed by atoms with Crippen LogP contribution in [0.4, 0.5) is 0 Å². The molecule has 1 aliphatic heterocycles. The molecule has 0 radical (unpaired) electrons. The van der Waals surface area contributed by atoms with Crippen LogP contribution in [0.25, 0.3) is 11.4 Å². The van der Waals surface area contributed by atoms with Crippen molar-refractivity contribution in [2.75, 3.05) is 20.1 Å². The van der Waals surface area contributed by atoms with Crippen LogP contribution in [0, 0.1) is 5.41 Å². The Labute approximate surface area is 170 Å². The number of hydrogen-bond donors (Lipinski definition) is 1. The molecular weight excluding hydrogens is 453 g/mol. The van der Waals surface area contributed by atoms with E-state index in [4.69, 9.17) is 16.1 Å². The lowest BCUT2D eigenvalue weighted by Gasteiger charge is -2.23. The van der Waals surface area contributed by atoms with E-state index in [0.29, 0.717) is 28.7 Å². The molecule has 0 unspecified atom stereocenters. The van der Waals surface area contributed by atoms with Crippen molar-refractivity contribution in [2.24, 2.45) is 10.4 Å². The standard InChI is InChI=1S/C17H22ClN5O.HI/c1-17(2)7-8-23(11-17)16(19-3)20-10-14-21-15(22-24-14)12-5-4-6-13(18)9-12;/h4-6,9H,7-8,10-11H2,1-3H3,(H,19,20);1H. The third kappa shape index (κ3) is 5.07. The predicted molar refractivity (Wildman–Crippen MR) is 110 cm³/mol.